The van der Waals surface area contributed by atoms with Crippen LogP contribution in [0.15, 0.2) is 53.9 Å². The van der Waals surface area contributed by atoms with E-state index in [0.29, 0.717) is 5.52 Å². The number of aromatic amines is 1. The predicted molar refractivity (Wildman–Crippen MR) is 71.2 cm³/mol. The maximum absolute atomic E-state index is 12.2. The third-order valence-electron chi connectivity index (χ3n) is 2.75. The van der Waals surface area contributed by atoms with Crippen LogP contribution in [0.2, 0.25) is 0 Å². The third-order valence-corrected chi connectivity index (χ3v) is 4.22. The van der Waals surface area contributed by atoms with Crippen LogP contribution in [0.1, 0.15) is 5.56 Å². The van der Waals surface area contributed by atoms with Gasteiger partial charge in [0.05, 0.1) is 23.0 Å². The van der Waals surface area contributed by atoms with E-state index in [4.69, 9.17) is 0 Å². The average Bonchev–Trinajstić information content (AvgIpc) is 2.86. The zero-order valence-electron chi connectivity index (χ0n) is 9.95. The lowest BCUT2D eigenvalue weighted by atomic mass is 10.2. The minimum Gasteiger partial charge on any atom is -0.359 e. The molecule has 1 N–H and O–H groups in total. The molecular formula is C13H11N3O2S. The van der Waals surface area contributed by atoms with Gasteiger partial charge >= 0.3 is 0 Å². The van der Waals surface area contributed by atoms with E-state index in [1.165, 1.54) is 6.20 Å². The molecule has 0 aliphatic carbocycles. The van der Waals surface area contributed by atoms with Crippen molar-refractivity contribution in [2.75, 3.05) is 0 Å². The summed E-state index contributed by atoms with van der Waals surface area (Å²) in [5.74, 6) is -0.0935. The molecule has 0 unspecified atom stereocenters. The van der Waals surface area contributed by atoms with Gasteiger partial charge in [-0.1, -0.05) is 30.3 Å². The van der Waals surface area contributed by atoms with Crippen molar-refractivity contribution < 1.29 is 8.42 Å². The molecule has 96 valence electrons. The van der Waals surface area contributed by atoms with Crippen molar-refractivity contribution in [2.24, 2.45) is 0 Å². The lowest BCUT2D eigenvalue weighted by Gasteiger charge is -2.03. The lowest BCUT2D eigenvalue weighted by molar-refractivity contribution is 0.587. The van der Waals surface area contributed by atoms with Gasteiger partial charge in [-0.2, -0.15) is 0 Å². The van der Waals surface area contributed by atoms with Gasteiger partial charge in [0, 0.05) is 6.20 Å². The van der Waals surface area contributed by atoms with Gasteiger partial charge in [-0.25, -0.2) is 18.4 Å². The number of hydrogen-bond donors (Lipinski definition) is 1. The molecule has 0 fully saturated rings. The highest BCUT2D eigenvalue weighted by atomic mass is 32.2. The van der Waals surface area contributed by atoms with E-state index in [0.717, 1.165) is 11.1 Å². The Balaban J connectivity index is 1.99. The third kappa shape index (κ3) is 2.34. The van der Waals surface area contributed by atoms with Gasteiger partial charge in [-0.3, -0.25) is 0 Å². The maximum Gasteiger partial charge on any atom is 0.248 e. The van der Waals surface area contributed by atoms with E-state index in [1.807, 2.05) is 6.07 Å². The highest BCUT2D eigenvalue weighted by molar-refractivity contribution is 7.90. The van der Waals surface area contributed by atoms with Crippen molar-refractivity contribution in [3.63, 3.8) is 0 Å². The van der Waals surface area contributed by atoms with E-state index >= 15 is 0 Å². The smallest absolute Gasteiger partial charge is 0.248 e. The first-order chi connectivity index (χ1) is 9.15. The minimum atomic E-state index is -3.52. The number of rotatable bonds is 3. The minimum absolute atomic E-state index is 0.0935. The molecule has 5 nitrogen and oxygen atoms in total. The lowest BCUT2D eigenvalue weighted by Crippen LogP contribution is -2.09. The molecule has 2 heterocycles. The number of benzene rings is 1. The molecule has 0 spiro atoms. The summed E-state index contributed by atoms with van der Waals surface area (Å²) in [6.07, 6.45) is 3.19. The van der Waals surface area contributed by atoms with Crippen LogP contribution in [0.5, 0.6) is 0 Å². The number of H-pyrrole nitrogens is 1. The summed E-state index contributed by atoms with van der Waals surface area (Å²) in [5, 5.41) is -0.136. The molecule has 3 rings (SSSR count). The van der Waals surface area contributed by atoms with Crippen LogP contribution in [0, 0.1) is 0 Å². The van der Waals surface area contributed by atoms with Crippen molar-refractivity contribution in [1.29, 1.82) is 0 Å². The fourth-order valence-corrected chi connectivity index (χ4v) is 3.05. The molecule has 3 aromatic rings. The Morgan fingerprint density at radius 3 is 2.68 bits per heavy atom. The van der Waals surface area contributed by atoms with Crippen molar-refractivity contribution in [2.45, 2.75) is 10.9 Å². The van der Waals surface area contributed by atoms with E-state index in [9.17, 15) is 8.42 Å². The molecule has 0 radical (unpaired) electrons. The van der Waals surface area contributed by atoms with Crippen LogP contribution in [-0.2, 0) is 15.6 Å². The number of hydrogen-bond acceptors (Lipinski definition) is 4. The number of fused-ring (bicyclic) bond motifs is 1. The van der Waals surface area contributed by atoms with Gasteiger partial charge in [-0.05, 0) is 11.6 Å². The number of nitrogens with zero attached hydrogens (tertiary/aromatic N) is 2. The molecule has 0 saturated carbocycles. The van der Waals surface area contributed by atoms with Crippen LogP contribution in [-0.4, -0.2) is 23.4 Å². The monoisotopic (exact) mass is 273 g/mol. The van der Waals surface area contributed by atoms with E-state index in [1.54, 1.807) is 36.5 Å². The highest BCUT2D eigenvalue weighted by Crippen LogP contribution is 2.15. The summed E-state index contributed by atoms with van der Waals surface area (Å²) < 4.78 is 24.5. The maximum atomic E-state index is 12.2. The fraction of sp³-hybridized carbons (Fsp3) is 0.0769. The summed E-state index contributed by atoms with van der Waals surface area (Å²) in [6.45, 7) is 0. The Hall–Kier alpha value is -2.21. The van der Waals surface area contributed by atoms with Gasteiger partial charge in [0.25, 0.3) is 0 Å². The first kappa shape index (κ1) is 11.9. The van der Waals surface area contributed by atoms with E-state index < -0.39 is 9.84 Å². The summed E-state index contributed by atoms with van der Waals surface area (Å²) >= 11 is 0. The quantitative estimate of drug-likeness (QED) is 0.740. The molecule has 0 atom stereocenters. The summed E-state index contributed by atoms with van der Waals surface area (Å²) in [4.78, 5) is 10.9. The van der Waals surface area contributed by atoms with Gasteiger partial charge in [-0.15, -0.1) is 0 Å². The van der Waals surface area contributed by atoms with Gasteiger partial charge in [0.2, 0.25) is 15.0 Å². The molecular weight excluding hydrogens is 262 g/mol. The summed E-state index contributed by atoms with van der Waals surface area (Å²) in [6, 6.07) is 10.7. The standard InChI is InChI=1S/C13H11N3O2S/c17-19(18,9-10-4-2-1-3-5-10)13-15-8-12-11(16-13)6-7-14-12/h1-8,14H,9H2. The molecule has 0 bridgehead atoms. The normalized spacial score (nSPS) is 11.8. The molecule has 6 heteroatoms. The highest BCUT2D eigenvalue weighted by Gasteiger charge is 2.19. The van der Waals surface area contributed by atoms with Crippen molar-refractivity contribution in [3.05, 3.63) is 54.4 Å². The summed E-state index contributed by atoms with van der Waals surface area (Å²) in [5.41, 5.74) is 2.04. The average molecular weight is 273 g/mol. The largest absolute Gasteiger partial charge is 0.359 e. The Labute approximate surface area is 110 Å². The molecule has 19 heavy (non-hydrogen) atoms. The molecule has 1 aromatic carbocycles. The van der Waals surface area contributed by atoms with Crippen LogP contribution in [0.25, 0.3) is 11.0 Å². The summed E-state index contributed by atoms with van der Waals surface area (Å²) in [7, 11) is -3.52. The Morgan fingerprint density at radius 1 is 1.11 bits per heavy atom. The van der Waals surface area contributed by atoms with Gasteiger partial charge in [0.1, 0.15) is 0 Å². The van der Waals surface area contributed by atoms with E-state index in [2.05, 4.69) is 15.0 Å². The zero-order chi connectivity index (χ0) is 13.3. The second kappa shape index (κ2) is 4.47. The molecule has 0 aliphatic heterocycles. The zero-order valence-corrected chi connectivity index (χ0v) is 10.8. The van der Waals surface area contributed by atoms with Crippen molar-refractivity contribution in [3.8, 4) is 0 Å². The number of nitrogens with one attached hydrogen (secondary N) is 1. The van der Waals surface area contributed by atoms with Crippen LogP contribution in [0.4, 0.5) is 0 Å². The molecule has 0 saturated heterocycles. The number of sulfone groups is 1. The first-order valence-corrected chi connectivity index (χ1v) is 7.37. The molecule has 0 amide bonds. The topological polar surface area (TPSA) is 75.7 Å². The van der Waals surface area contributed by atoms with Crippen LogP contribution >= 0.6 is 0 Å². The number of aromatic nitrogens is 3. The first-order valence-electron chi connectivity index (χ1n) is 5.72. The predicted octanol–water partition coefficient (Wildman–Crippen LogP) is 1.93. The fourth-order valence-electron chi connectivity index (χ4n) is 1.83. The van der Waals surface area contributed by atoms with Crippen molar-refractivity contribution >= 4 is 20.9 Å². The van der Waals surface area contributed by atoms with E-state index in [-0.39, 0.29) is 10.9 Å². The van der Waals surface area contributed by atoms with Crippen molar-refractivity contribution in [1.82, 2.24) is 15.0 Å². The van der Waals surface area contributed by atoms with Crippen LogP contribution < -0.4 is 0 Å². The second-order valence-electron chi connectivity index (χ2n) is 4.17. The Morgan fingerprint density at radius 2 is 1.89 bits per heavy atom. The Bertz CT molecular complexity index is 810. The Kier molecular flexibility index (Phi) is 2.79. The van der Waals surface area contributed by atoms with Gasteiger partial charge < -0.3 is 4.98 Å². The SMILES string of the molecule is O=S(=O)(Cc1ccccc1)c1ncc2[nH]ccc2n1. The van der Waals surface area contributed by atoms with Gasteiger partial charge in [0.15, 0.2) is 0 Å². The second-order valence-corrected chi connectivity index (χ2v) is 6.06. The van der Waals surface area contributed by atoms with Crippen LogP contribution in [0.3, 0.4) is 0 Å². The molecule has 2 aromatic heterocycles. The molecule has 0 aliphatic rings.